The molecule has 0 bridgehead atoms. The van der Waals surface area contributed by atoms with Crippen LogP contribution in [0.2, 0.25) is 0 Å². The molecule has 0 aromatic heterocycles. The normalized spacial score (nSPS) is 26.6. The third-order valence-electron chi connectivity index (χ3n) is 4.52. The SMILES string of the molecule is O=C1CCC=CC[C@@H](C2CC2)C(=O)OC[C@@H](c2ccccc2)N1. The number of carbonyl (C=O) groups is 2. The number of amides is 1. The molecular formula is C19H23NO3. The number of ether oxygens (including phenoxy) is 1. The van der Waals surface area contributed by atoms with Crippen LogP contribution in [0.25, 0.3) is 0 Å². The van der Waals surface area contributed by atoms with Crippen LogP contribution in [0, 0.1) is 11.8 Å². The first kappa shape index (κ1) is 15.8. The van der Waals surface area contributed by atoms with E-state index in [2.05, 4.69) is 5.32 Å². The van der Waals surface area contributed by atoms with E-state index in [0.717, 1.165) is 24.8 Å². The van der Waals surface area contributed by atoms with Gasteiger partial charge in [-0.3, -0.25) is 9.59 Å². The van der Waals surface area contributed by atoms with Gasteiger partial charge in [0, 0.05) is 6.42 Å². The van der Waals surface area contributed by atoms with E-state index >= 15 is 0 Å². The summed E-state index contributed by atoms with van der Waals surface area (Å²) >= 11 is 0. The molecule has 1 aliphatic carbocycles. The van der Waals surface area contributed by atoms with Crippen LogP contribution in [0.4, 0.5) is 0 Å². The Hall–Kier alpha value is -2.10. The fourth-order valence-electron chi connectivity index (χ4n) is 3.00. The molecule has 1 aromatic rings. The van der Waals surface area contributed by atoms with Gasteiger partial charge in [0.15, 0.2) is 0 Å². The highest BCUT2D eigenvalue weighted by Gasteiger charge is 2.36. The molecule has 0 saturated heterocycles. The molecule has 3 rings (SSSR count). The summed E-state index contributed by atoms with van der Waals surface area (Å²) in [4.78, 5) is 24.5. The van der Waals surface area contributed by atoms with Crippen molar-refractivity contribution in [3.63, 3.8) is 0 Å². The summed E-state index contributed by atoms with van der Waals surface area (Å²) in [7, 11) is 0. The van der Waals surface area contributed by atoms with Crippen LogP contribution in [-0.4, -0.2) is 18.5 Å². The number of allylic oxidation sites excluding steroid dienone is 2. The summed E-state index contributed by atoms with van der Waals surface area (Å²) < 4.78 is 5.56. The Morgan fingerprint density at radius 3 is 2.57 bits per heavy atom. The minimum Gasteiger partial charge on any atom is -0.463 e. The summed E-state index contributed by atoms with van der Waals surface area (Å²) in [6.07, 6.45) is 8.15. The Morgan fingerprint density at radius 2 is 1.83 bits per heavy atom. The number of benzene rings is 1. The van der Waals surface area contributed by atoms with E-state index in [-0.39, 0.29) is 30.4 Å². The fraction of sp³-hybridized carbons (Fsp3) is 0.474. The zero-order valence-electron chi connectivity index (χ0n) is 13.2. The molecule has 2 aliphatic rings. The molecule has 1 aliphatic heterocycles. The molecule has 0 spiro atoms. The Kier molecular flexibility index (Phi) is 5.11. The lowest BCUT2D eigenvalue weighted by molar-refractivity contribution is -0.150. The molecule has 4 nitrogen and oxygen atoms in total. The second-order valence-corrected chi connectivity index (χ2v) is 6.35. The van der Waals surface area contributed by atoms with Crippen molar-refractivity contribution in [2.24, 2.45) is 11.8 Å². The second kappa shape index (κ2) is 7.44. The van der Waals surface area contributed by atoms with Crippen LogP contribution in [0.15, 0.2) is 42.5 Å². The largest absolute Gasteiger partial charge is 0.463 e. The van der Waals surface area contributed by atoms with Gasteiger partial charge in [0.1, 0.15) is 6.61 Å². The monoisotopic (exact) mass is 313 g/mol. The summed E-state index contributed by atoms with van der Waals surface area (Å²) in [5.74, 6) is 0.296. The molecule has 23 heavy (non-hydrogen) atoms. The smallest absolute Gasteiger partial charge is 0.309 e. The molecule has 1 fully saturated rings. The Morgan fingerprint density at radius 1 is 1.04 bits per heavy atom. The minimum absolute atomic E-state index is 0.0149. The Balaban J connectivity index is 1.75. The van der Waals surface area contributed by atoms with Gasteiger partial charge in [-0.25, -0.2) is 0 Å². The summed E-state index contributed by atoms with van der Waals surface area (Å²) in [6, 6.07) is 9.40. The van der Waals surface area contributed by atoms with Crippen LogP contribution >= 0.6 is 0 Å². The zero-order valence-corrected chi connectivity index (χ0v) is 13.2. The third-order valence-corrected chi connectivity index (χ3v) is 4.52. The van der Waals surface area contributed by atoms with Crippen molar-refractivity contribution in [3.8, 4) is 0 Å². The highest BCUT2D eigenvalue weighted by molar-refractivity contribution is 5.77. The van der Waals surface area contributed by atoms with Crippen molar-refractivity contribution < 1.29 is 14.3 Å². The van der Waals surface area contributed by atoms with Crippen LogP contribution in [0.5, 0.6) is 0 Å². The lowest BCUT2D eigenvalue weighted by Crippen LogP contribution is -2.33. The van der Waals surface area contributed by atoms with E-state index in [4.69, 9.17) is 4.74 Å². The first-order valence-corrected chi connectivity index (χ1v) is 8.40. The molecule has 1 heterocycles. The molecule has 0 unspecified atom stereocenters. The van der Waals surface area contributed by atoms with E-state index in [9.17, 15) is 9.59 Å². The van der Waals surface area contributed by atoms with Crippen LogP contribution < -0.4 is 5.32 Å². The van der Waals surface area contributed by atoms with Gasteiger partial charge in [0.25, 0.3) is 0 Å². The number of esters is 1. The number of hydrogen-bond acceptors (Lipinski definition) is 3. The standard InChI is InChI=1S/C19H23NO3/c21-18-10-6-2-5-9-16(14-11-12-14)19(22)23-13-17(20-18)15-7-3-1-4-8-15/h1-5,7-8,14,16-17H,6,9-13H2,(H,20,21)/t16-,17-/m0/s1. The van der Waals surface area contributed by atoms with Crippen molar-refractivity contribution in [1.29, 1.82) is 0 Å². The van der Waals surface area contributed by atoms with Gasteiger partial charge in [-0.1, -0.05) is 42.5 Å². The van der Waals surface area contributed by atoms with E-state index < -0.39 is 0 Å². The van der Waals surface area contributed by atoms with Gasteiger partial charge in [0.2, 0.25) is 5.91 Å². The minimum atomic E-state index is -0.282. The maximum absolute atomic E-state index is 12.4. The predicted molar refractivity (Wildman–Crippen MR) is 87.5 cm³/mol. The quantitative estimate of drug-likeness (QED) is 0.674. The molecule has 1 aromatic carbocycles. The first-order valence-electron chi connectivity index (χ1n) is 8.40. The van der Waals surface area contributed by atoms with Gasteiger partial charge < -0.3 is 10.1 Å². The fourth-order valence-corrected chi connectivity index (χ4v) is 3.00. The summed E-state index contributed by atoms with van der Waals surface area (Å²) in [5, 5.41) is 2.98. The van der Waals surface area contributed by atoms with Crippen molar-refractivity contribution in [2.45, 2.75) is 38.1 Å². The lowest BCUT2D eigenvalue weighted by Gasteiger charge is -2.21. The van der Waals surface area contributed by atoms with E-state index in [1.165, 1.54) is 0 Å². The van der Waals surface area contributed by atoms with Crippen LogP contribution in [-0.2, 0) is 14.3 Å². The van der Waals surface area contributed by atoms with E-state index in [0.29, 0.717) is 18.8 Å². The van der Waals surface area contributed by atoms with Gasteiger partial charge in [-0.2, -0.15) is 0 Å². The zero-order chi connectivity index (χ0) is 16.1. The molecule has 1 N–H and O–H groups in total. The van der Waals surface area contributed by atoms with Crippen LogP contribution in [0.1, 0.15) is 43.7 Å². The average Bonchev–Trinajstić information content (AvgIpc) is 3.39. The van der Waals surface area contributed by atoms with Gasteiger partial charge in [-0.05, 0) is 37.2 Å². The van der Waals surface area contributed by atoms with Gasteiger partial charge in [0.05, 0.1) is 12.0 Å². The third kappa shape index (κ3) is 4.44. The van der Waals surface area contributed by atoms with Crippen molar-refractivity contribution in [1.82, 2.24) is 5.32 Å². The number of rotatable bonds is 2. The molecule has 4 heteroatoms. The molecule has 1 saturated carbocycles. The van der Waals surface area contributed by atoms with E-state index in [1.807, 2.05) is 42.5 Å². The Bertz CT molecular complexity index is 578. The van der Waals surface area contributed by atoms with E-state index in [1.54, 1.807) is 0 Å². The molecule has 2 atom stereocenters. The molecule has 122 valence electrons. The number of carbonyl (C=O) groups excluding carboxylic acids is 2. The average molecular weight is 313 g/mol. The molecule has 1 amide bonds. The van der Waals surface area contributed by atoms with Gasteiger partial charge >= 0.3 is 5.97 Å². The first-order chi connectivity index (χ1) is 11.2. The van der Waals surface area contributed by atoms with Crippen molar-refractivity contribution in [3.05, 3.63) is 48.0 Å². The summed E-state index contributed by atoms with van der Waals surface area (Å²) in [6.45, 7) is 0.196. The molecular weight excluding hydrogens is 290 g/mol. The topological polar surface area (TPSA) is 55.4 Å². The van der Waals surface area contributed by atoms with Crippen LogP contribution in [0.3, 0.4) is 0 Å². The number of hydrogen-bond donors (Lipinski definition) is 1. The van der Waals surface area contributed by atoms with Crippen molar-refractivity contribution >= 4 is 11.9 Å². The summed E-state index contributed by atoms with van der Waals surface area (Å²) in [5.41, 5.74) is 0.962. The van der Waals surface area contributed by atoms with Gasteiger partial charge in [-0.15, -0.1) is 0 Å². The highest BCUT2D eigenvalue weighted by atomic mass is 16.5. The number of nitrogens with one attached hydrogen (secondary N) is 1. The number of cyclic esters (lactones) is 1. The molecule has 0 radical (unpaired) electrons. The maximum Gasteiger partial charge on any atom is 0.309 e. The lowest BCUT2D eigenvalue weighted by atomic mass is 9.99. The van der Waals surface area contributed by atoms with Crippen molar-refractivity contribution in [2.75, 3.05) is 6.61 Å². The predicted octanol–water partition coefficient (Wildman–Crippen LogP) is 3.15. The highest BCUT2D eigenvalue weighted by Crippen LogP contribution is 2.39. The maximum atomic E-state index is 12.4. The Labute approximate surface area is 136 Å². The second-order valence-electron chi connectivity index (χ2n) is 6.35.